The molecular formula is C21H25NO3. The molecule has 0 bridgehead atoms. The van der Waals surface area contributed by atoms with E-state index in [0.717, 1.165) is 25.7 Å². The molecule has 132 valence electrons. The number of imide groups is 1. The van der Waals surface area contributed by atoms with Gasteiger partial charge in [-0.3, -0.25) is 14.5 Å². The van der Waals surface area contributed by atoms with E-state index in [1.54, 1.807) is 12.1 Å². The van der Waals surface area contributed by atoms with E-state index in [1.165, 1.54) is 16.0 Å². The molecule has 0 spiro atoms. The maximum absolute atomic E-state index is 13.1. The smallest absolute Gasteiger partial charge is 0.235 e. The molecule has 4 nitrogen and oxygen atoms in total. The monoisotopic (exact) mass is 339 g/mol. The van der Waals surface area contributed by atoms with E-state index in [-0.39, 0.29) is 17.7 Å². The molecular weight excluding hydrogens is 314 g/mol. The highest BCUT2D eigenvalue weighted by Gasteiger charge is 2.56. The van der Waals surface area contributed by atoms with Gasteiger partial charge in [-0.05, 0) is 66.7 Å². The molecule has 4 atom stereocenters. The lowest BCUT2D eigenvalue weighted by Gasteiger charge is -2.54. The van der Waals surface area contributed by atoms with Gasteiger partial charge in [-0.1, -0.05) is 19.1 Å². The minimum Gasteiger partial charge on any atom is -0.508 e. The summed E-state index contributed by atoms with van der Waals surface area (Å²) in [7, 11) is 0. The summed E-state index contributed by atoms with van der Waals surface area (Å²) in [5, 5.41) is 9.76. The second kappa shape index (κ2) is 5.72. The summed E-state index contributed by atoms with van der Waals surface area (Å²) in [6.07, 6.45) is 5.79. The zero-order chi connectivity index (χ0) is 17.8. The first-order valence-corrected chi connectivity index (χ1v) is 9.23. The molecule has 1 N–H and O–H groups in total. The predicted octanol–water partition coefficient (Wildman–Crippen LogP) is 3.40. The van der Waals surface area contributed by atoms with Gasteiger partial charge in [0.05, 0.1) is 5.41 Å². The van der Waals surface area contributed by atoms with E-state index >= 15 is 0 Å². The van der Waals surface area contributed by atoms with Crippen LogP contribution in [0.1, 0.15) is 49.7 Å². The normalized spacial score (nSPS) is 34.1. The van der Waals surface area contributed by atoms with Crippen LogP contribution in [-0.4, -0.2) is 28.4 Å². The van der Waals surface area contributed by atoms with Crippen molar-refractivity contribution in [3.8, 4) is 5.75 Å². The molecule has 4 rings (SSSR count). The Kier molecular flexibility index (Phi) is 3.75. The van der Waals surface area contributed by atoms with Crippen molar-refractivity contribution in [3.05, 3.63) is 42.0 Å². The fourth-order valence-electron chi connectivity index (χ4n) is 5.56. The van der Waals surface area contributed by atoms with Crippen molar-refractivity contribution in [3.63, 3.8) is 0 Å². The number of hydrogen-bond acceptors (Lipinski definition) is 3. The number of fused-ring (bicyclic) bond motifs is 5. The van der Waals surface area contributed by atoms with Gasteiger partial charge in [0.2, 0.25) is 11.8 Å². The highest BCUT2D eigenvalue weighted by atomic mass is 16.3. The number of carbonyl (C=O) groups excluding carboxylic acids is 2. The van der Waals surface area contributed by atoms with Crippen LogP contribution in [0, 0.1) is 17.3 Å². The molecule has 2 fully saturated rings. The Bertz CT molecular complexity index is 756. The summed E-state index contributed by atoms with van der Waals surface area (Å²) < 4.78 is 0. The van der Waals surface area contributed by atoms with Crippen LogP contribution >= 0.6 is 0 Å². The summed E-state index contributed by atoms with van der Waals surface area (Å²) in [4.78, 5) is 27.1. The molecule has 2 amide bonds. The van der Waals surface area contributed by atoms with Crippen molar-refractivity contribution in [1.82, 2.24) is 4.90 Å². The first kappa shape index (κ1) is 16.4. The number of aryl methyl sites for hydroxylation is 1. The molecule has 1 aliphatic heterocycles. The molecule has 1 saturated carbocycles. The molecule has 0 radical (unpaired) electrons. The summed E-state index contributed by atoms with van der Waals surface area (Å²) in [5.74, 6) is 1.15. The largest absolute Gasteiger partial charge is 0.508 e. The highest BCUT2D eigenvalue weighted by Crippen LogP contribution is 2.58. The third-order valence-electron chi connectivity index (χ3n) is 6.84. The van der Waals surface area contributed by atoms with Crippen LogP contribution < -0.4 is 0 Å². The number of hydrogen-bond donors (Lipinski definition) is 1. The number of benzene rings is 1. The zero-order valence-electron chi connectivity index (χ0n) is 14.7. The number of piperidine rings is 1. The Balaban J connectivity index is 1.69. The lowest BCUT2D eigenvalue weighted by molar-refractivity contribution is -0.166. The van der Waals surface area contributed by atoms with Gasteiger partial charge in [0.15, 0.2) is 0 Å². The fraction of sp³-hybridized carbons (Fsp3) is 0.524. The van der Waals surface area contributed by atoms with E-state index in [4.69, 9.17) is 0 Å². The molecule has 0 unspecified atom stereocenters. The Labute approximate surface area is 148 Å². The quantitative estimate of drug-likeness (QED) is 0.664. The summed E-state index contributed by atoms with van der Waals surface area (Å²) in [6, 6.07) is 5.68. The van der Waals surface area contributed by atoms with Crippen LogP contribution in [0.15, 0.2) is 30.9 Å². The van der Waals surface area contributed by atoms with Gasteiger partial charge in [0, 0.05) is 13.0 Å². The number of phenols is 1. The third-order valence-corrected chi connectivity index (χ3v) is 6.84. The Morgan fingerprint density at radius 1 is 1.36 bits per heavy atom. The van der Waals surface area contributed by atoms with Gasteiger partial charge >= 0.3 is 0 Å². The Morgan fingerprint density at radius 3 is 2.92 bits per heavy atom. The van der Waals surface area contributed by atoms with Crippen LogP contribution in [0.25, 0.3) is 0 Å². The van der Waals surface area contributed by atoms with Crippen molar-refractivity contribution < 1.29 is 14.7 Å². The number of phenolic OH excluding ortho intramolecular Hbond substituents is 1. The average molecular weight is 339 g/mol. The number of amides is 2. The van der Waals surface area contributed by atoms with Crippen LogP contribution in [0.5, 0.6) is 5.75 Å². The average Bonchev–Trinajstić information content (AvgIpc) is 2.59. The second-order valence-electron chi connectivity index (χ2n) is 8.06. The van der Waals surface area contributed by atoms with Gasteiger partial charge in [0.25, 0.3) is 0 Å². The molecule has 25 heavy (non-hydrogen) atoms. The number of aromatic hydroxyl groups is 1. The SMILES string of the molecule is C=CCN1C(=O)C[C@H]2[C@@H]3CCc4cc(O)ccc4[C@H]3CC[C@]2(C)C1=O. The molecule has 3 aliphatic rings. The third kappa shape index (κ3) is 2.34. The Hall–Kier alpha value is -2.10. The fourth-order valence-corrected chi connectivity index (χ4v) is 5.56. The van der Waals surface area contributed by atoms with Gasteiger partial charge in [-0.25, -0.2) is 0 Å². The van der Waals surface area contributed by atoms with E-state index in [1.807, 2.05) is 12.1 Å². The van der Waals surface area contributed by atoms with Crippen molar-refractivity contribution in [2.24, 2.45) is 17.3 Å². The Morgan fingerprint density at radius 2 is 2.16 bits per heavy atom. The van der Waals surface area contributed by atoms with E-state index in [0.29, 0.717) is 30.6 Å². The molecule has 0 aromatic heterocycles. The molecule has 1 aromatic rings. The lowest BCUT2D eigenvalue weighted by atomic mass is 9.52. The zero-order valence-corrected chi connectivity index (χ0v) is 14.7. The molecule has 1 heterocycles. The van der Waals surface area contributed by atoms with E-state index in [2.05, 4.69) is 13.5 Å². The lowest BCUT2D eigenvalue weighted by Crippen LogP contribution is -2.59. The summed E-state index contributed by atoms with van der Waals surface area (Å²) in [6.45, 7) is 6.06. The van der Waals surface area contributed by atoms with Crippen molar-refractivity contribution >= 4 is 11.8 Å². The standard InChI is InChI=1S/C21H25NO3/c1-3-10-22-19(24)12-18-17-6-4-13-11-14(23)5-7-15(13)16(17)8-9-21(18,2)20(22)25/h3,5,7,11,16-18,23H,1,4,6,8-10,12H2,2H3/t16-,17-,18+,21+/m1/s1. The van der Waals surface area contributed by atoms with E-state index in [9.17, 15) is 14.7 Å². The molecule has 1 aromatic carbocycles. The molecule has 4 heteroatoms. The number of rotatable bonds is 2. The van der Waals surface area contributed by atoms with Crippen molar-refractivity contribution in [2.75, 3.05) is 6.54 Å². The molecule has 2 aliphatic carbocycles. The van der Waals surface area contributed by atoms with E-state index < -0.39 is 5.41 Å². The van der Waals surface area contributed by atoms with Crippen LogP contribution in [-0.2, 0) is 16.0 Å². The highest BCUT2D eigenvalue weighted by molar-refractivity contribution is 6.01. The summed E-state index contributed by atoms with van der Waals surface area (Å²) >= 11 is 0. The van der Waals surface area contributed by atoms with Crippen LogP contribution in [0.4, 0.5) is 0 Å². The maximum Gasteiger partial charge on any atom is 0.235 e. The minimum absolute atomic E-state index is 0.0106. The predicted molar refractivity (Wildman–Crippen MR) is 95.0 cm³/mol. The van der Waals surface area contributed by atoms with Gasteiger partial charge < -0.3 is 5.11 Å². The number of nitrogens with zero attached hydrogens (tertiary/aromatic N) is 1. The molecule has 1 saturated heterocycles. The topological polar surface area (TPSA) is 57.6 Å². The van der Waals surface area contributed by atoms with Crippen LogP contribution in [0.3, 0.4) is 0 Å². The first-order chi connectivity index (χ1) is 12.0. The van der Waals surface area contributed by atoms with Gasteiger partial charge in [-0.15, -0.1) is 6.58 Å². The minimum atomic E-state index is -0.438. The van der Waals surface area contributed by atoms with Crippen LogP contribution in [0.2, 0.25) is 0 Å². The number of likely N-dealkylation sites (tertiary alicyclic amines) is 1. The summed E-state index contributed by atoms with van der Waals surface area (Å²) in [5.41, 5.74) is 2.10. The second-order valence-corrected chi connectivity index (χ2v) is 8.06. The first-order valence-electron chi connectivity index (χ1n) is 9.23. The van der Waals surface area contributed by atoms with Crippen molar-refractivity contribution in [1.29, 1.82) is 0 Å². The van der Waals surface area contributed by atoms with Gasteiger partial charge in [-0.2, -0.15) is 0 Å². The van der Waals surface area contributed by atoms with Gasteiger partial charge in [0.1, 0.15) is 5.75 Å². The number of carbonyl (C=O) groups is 2. The maximum atomic E-state index is 13.1. The van der Waals surface area contributed by atoms with Crippen molar-refractivity contribution in [2.45, 2.75) is 44.9 Å².